The lowest BCUT2D eigenvalue weighted by molar-refractivity contribution is 0.546. The van der Waals surface area contributed by atoms with Gasteiger partial charge in [-0.2, -0.15) is 18.4 Å². The van der Waals surface area contributed by atoms with E-state index in [4.69, 9.17) is 5.26 Å². The van der Waals surface area contributed by atoms with Crippen molar-refractivity contribution in [1.29, 1.82) is 5.26 Å². The molecular weight excluding hydrogens is 202 g/mol. The molecule has 2 N–H and O–H groups in total. The highest BCUT2D eigenvalue weighted by molar-refractivity contribution is 7.87. The molecule has 14 heavy (non-hydrogen) atoms. The third-order valence-corrected chi connectivity index (χ3v) is 3.21. The van der Waals surface area contributed by atoms with Crippen molar-refractivity contribution in [2.24, 2.45) is 5.92 Å². The van der Waals surface area contributed by atoms with E-state index in [9.17, 15) is 8.42 Å². The Kier molecular flexibility index (Phi) is 3.86. The van der Waals surface area contributed by atoms with E-state index < -0.39 is 16.3 Å². The molecule has 0 aromatic rings. The zero-order valence-corrected chi connectivity index (χ0v) is 8.97. The normalized spacial score (nSPS) is 18.9. The molecular formula is C8H15N3O2S. The number of hydrogen-bond acceptors (Lipinski definition) is 3. The van der Waals surface area contributed by atoms with Crippen molar-refractivity contribution in [3.63, 3.8) is 0 Å². The molecule has 1 saturated carbocycles. The summed E-state index contributed by atoms with van der Waals surface area (Å²) < 4.78 is 27.3. The molecule has 1 aliphatic rings. The zero-order valence-electron chi connectivity index (χ0n) is 8.16. The second kappa shape index (κ2) is 4.73. The molecule has 0 spiro atoms. The van der Waals surface area contributed by atoms with E-state index in [-0.39, 0.29) is 5.92 Å². The molecule has 0 radical (unpaired) electrons. The number of nitrogens with one attached hydrogen (secondary N) is 2. The second-order valence-electron chi connectivity index (χ2n) is 3.46. The molecule has 0 saturated heterocycles. The maximum Gasteiger partial charge on any atom is 0.278 e. The largest absolute Gasteiger partial charge is 0.278 e. The van der Waals surface area contributed by atoms with Crippen LogP contribution in [0.3, 0.4) is 0 Å². The topological polar surface area (TPSA) is 82.0 Å². The lowest BCUT2D eigenvalue weighted by Crippen LogP contribution is -2.43. The maximum absolute atomic E-state index is 11.3. The lowest BCUT2D eigenvalue weighted by Gasteiger charge is -2.11. The first kappa shape index (κ1) is 11.4. The molecule has 1 fully saturated rings. The van der Waals surface area contributed by atoms with Crippen molar-refractivity contribution in [2.75, 3.05) is 6.54 Å². The molecule has 80 valence electrons. The van der Waals surface area contributed by atoms with Gasteiger partial charge in [0.25, 0.3) is 10.2 Å². The average Bonchev–Trinajstić information content (AvgIpc) is 2.94. The molecule has 0 heterocycles. The van der Waals surface area contributed by atoms with Crippen molar-refractivity contribution in [1.82, 2.24) is 9.44 Å². The van der Waals surface area contributed by atoms with Gasteiger partial charge in [-0.15, -0.1) is 0 Å². The van der Waals surface area contributed by atoms with E-state index in [0.29, 0.717) is 6.54 Å². The molecule has 0 bridgehead atoms. The molecule has 6 heteroatoms. The first-order chi connectivity index (χ1) is 6.59. The zero-order chi connectivity index (χ0) is 10.6. The van der Waals surface area contributed by atoms with Crippen LogP contribution in [-0.2, 0) is 10.2 Å². The summed E-state index contributed by atoms with van der Waals surface area (Å²) in [6, 6.07) is 1.40. The number of hydrogen-bond donors (Lipinski definition) is 2. The van der Waals surface area contributed by atoms with Gasteiger partial charge in [0.05, 0.1) is 6.07 Å². The van der Waals surface area contributed by atoms with Crippen LogP contribution in [0.2, 0.25) is 0 Å². The summed E-state index contributed by atoms with van der Waals surface area (Å²) in [7, 11) is -3.48. The van der Waals surface area contributed by atoms with E-state index in [1.807, 2.05) is 13.0 Å². The van der Waals surface area contributed by atoms with E-state index in [1.165, 1.54) is 0 Å². The van der Waals surface area contributed by atoms with Crippen molar-refractivity contribution in [2.45, 2.75) is 32.2 Å². The van der Waals surface area contributed by atoms with Crippen LogP contribution in [0.5, 0.6) is 0 Å². The SMILES string of the molecule is CCCNS(=O)(=O)NC(C#N)C1CC1. The number of nitrogens with zero attached hydrogens (tertiary/aromatic N) is 1. The number of nitriles is 1. The van der Waals surface area contributed by atoms with Crippen molar-refractivity contribution < 1.29 is 8.42 Å². The third kappa shape index (κ3) is 3.62. The summed E-state index contributed by atoms with van der Waals surface area (Å²) in [4.78, 5) is 0. The Morgan fingerprint density at radius 1 is 1.57 bits per heavy atom. The Balaban J connectivity index is 2.44. The monoisotopic (exact) mass is 217 g/mol. The van der Waals surface area contributed by atoms with Crippen LogP contribution in [-0.4, -0.2) is 21.0 Å². The van der Waals surface area contributed by atoms with E-state index in [1.54, 1.807) is 0 Å². The van der Waals surface area contributed by atoms with Gasteiger partial charge in [0.2, 0.25) is 0 Å². The minimum Gasteiger partial charge on any atom is -0.202 e. The summed E-state index contributed by atoms with van der Waals surface area (Å²) in [5.41, 5.74) is 0. The van der Waals surface area contributed by atoms with Crippen LogP contribution >= 0.6 is 0 Å². The molecule has 1 aliphatic carbocycles. The molecule has 0 aromatic heterocycles. The van der Waals surface area contributed by atoms with Gasteiger partial charge >= 0.3 is 0 Å². The predicted octanol–water partition coefficient (Wildman–Crippen LogP) is 0.123. The third-order valence-electron chi connectivity index (χ3n) is 2.06. The summed E-state index contributed by atoms with van der Waals surface area (Å²) in [5.74, 6) is 0.207. The molecule has 0 aromatic carbocycles. The highest BCUT2D eigenvalue weighted by Crippen LogP contribution is 2.32. The second-order valence-corrected chi connectivity index (χ2v) is 4.99. The van der Waals surface area contributed by atoms with Crippen molar-refractivity contribution in [3.8, 4) is 6.07 Å². The van der Waals surface area contributed by atoms with Gasteiger partial charge in [0, 0.05) is 6.54 Å². The fourth-order valence-electron chi connectivity index (χ4n) is 1.10. The van der Waals surface area contributed by atoms with E-state index >= 15 is 0 Å². The van der Waals surface area contributed by atoms with Gasteiger partial charge in [-0.3, -0.25) is 0 Å². The minimum atomic E-state index is -3.48. The first-order valence-electron chi connectivity index (χ1n) is 4.75. The smallest absolute Gasteiger partial charge is 0.202 e. The van der Waals surface area contributed by atoms with Gasteiger partial charge in [-0.1, -0.05) is 6.92 Å². The van der Waals surface area contributed by atoms with Crippen molar-refractivity contribution in [3.05, 3.63) is 0 Å². The predicted molar refractivity (Wildman–Crippen MR) is 52.5 cm³/mol. The van der Waals surface area contributed by atoms with Crippen LogP contribution in [0.25, 0.3) is 0 Å². The minimum absolute atomic E-state index is 0.207. The fraction of sp³-hybridized carbons (Fsp3) is 0.875. The van der Waals surface area contributed by atoms with Gasteiger partial charge in [-0.25, -0.2) is 4.72 Å². The van der Waals surface area contributed by atoms with Crippen molar-refractivity contribution >= 4 is 10.2 Å². The molecule has 0 aliphatic heterocycles. The Hall–Kier alpha value is -0.640. The maximum atomic E-state index is 11.3. The fourth-order valence-corrected chi connectivity index (χ4v) is 2.24. The molecule has 0 amide bonds. The van der Waals surface area contributed by atoms with Crippen LogP contribution < -0.4 is 9.44 Å². The van der Waals surface area contributed by atoms with Gasteiger partial charge < -0.3 is 0 Å². The Morgan fingerprint density at radius 2 is 2.21 bits per heavy atom. The van der Waals surface area contributed by atoms with Gasteiger partial charge in [0.15, 0.2) is 0 Å². The Bertz CT molecular complexity index is 316. The summed E-state index contributed by atoms with van der Waals surface area (Å²) in [6.45, 7) is 2.28. The molecule has 1 atom stereocenters. The van der Waals surface area contributed by atoms with Crippen LogP contribution in [0, 0.1) is 17.2 Å². The van der Waals surface area contributed by atoms with Crippen LogP contribution in [0.15, 0.2) is 0 Å². The van der Waals surface area contributed by atoms with Crippen LogP contribution in [0.4, 0.5) is 0 Å². The standard InChI is InChI=1S/C8H15N3O2S/c1-2-5-10-14(12,13)11-8(6-9)7-3-4-7/h7-8,10-11H,2-5H2,1H3. The number of rotatable bonds is 6. The van der Waals surface area contributed by atoms with Crippen LogP contribution in [0.1, 0.15) is 26.2 Å². The van der Waals surface area contributed by atoms with Gasteiger partial charge in [0.1, 0.15) is 6.04 Å². The average molecular weight is 217 g/mol. The molecule has 1 rings (SSSR count). The highest BCUT2D eigenvalue weighted by atomic mass is 32.2. The van der Waals surface area contributed by atoms with Gasteiger partial charge in [-0.05, 0) is 25.2 Å². The summed E-state index contributed by atoms with van der Waals surface area (Å²) in [6.07, 6.45) is 2.62. The first-order valence-corrected chi connectivity index (χ1v) is 6.24. The highest BCUT2D eigenvalue weighted by Gasteiger charge is 2.33. The Labute approximate surface area is 84.7 Å². The van der Waals surface area contributed by atoms with E-state index in [2.05, 4.69) is 9.44 Å². The van der Waals surface area contributed by atoms with E-state index in [0.717, 1.165) is 19.3 Å². The Morgan fingerprint density at radius 3 is 2.64 bits per heavy atom. The quantitative estimate of drug-likeness (QED) is 0.663. The summed E-state index contributed by atoms with van der Waals surface area (Å²) >= 11 is 0. The molecule has 5 nitrogen and oxygen atoms in total. The lowest BCUT2D eigenvalue weighted by atomic mass is 10.2. The summed E-state index contributed by atoms with van der Waals surface area (Å²) in [5, 5.41) is 8.72. The molecule has 1 unspecified atom stereocenters.